The van der Waals surface area contributed by atoms with Crippen molar-refractivity contribution in [2.45, 2.75) is 20.0 Å². The molecule has 146 valence electrons. The summed E-state index contributed by atoms with van der Waals surface area (Å²) in [7, 11) is 0. The number of thiophene rings is 1. The highest BCUT2D eigenvalue weighted by molar-refractivity contribution is 9.11. The number of fused-ring (bicyclic) bond motifs is 1. The third kappa shape index (κ3) is 4.04. The molecule has 1 amide bonds. The third-order valence-electron chi connectivity index (χ3n) is 5.07. The second kappa shape index (κ2) is 8.14. The lowest BCUT2D eigenvalue weighted by atomic mass is 10.1. The Morgan fingerprint density at radius 2 is 1.82 bits per heavy atom. The van der Waals surface area contributed by atoms with Crippen molar-refractivity contribution >= 4 is 43.9 Å². The first kappa shape index (κ1) is 19.3. The van der Waals surface area contributed by atoms with Gasteiger partial charge in [0.25, 0.3) is 5.56 Å². The predicted octanol–water partition coefficient (Wildman–Crippen LogP) is 2.87. The van der Waals surface area contributed by atoms with Crippen LogP contribution >= 0.6 is 27.3 Å². The van der Waals surface area contributed by atoms with Crippen LogP contribution in [0.1, 0.15) is 10.6 Å². The van der Waals surface area contributed by atoms with Crippen molar-refractivity contribution in [1.82, 2.24) is 19.6 Å². The maximum absolute atomic E-state index is 12.7. The molecule has 0 N–H and O–H groups in total. The number of benzene rings is 1. The Bertz CT molecular complexity index is 1070. The number of carbonyl (C=O) groups excluding carboxylic acids is 1. The molecule has 28 heavy (non-hydrogen) atoms. The molecular weight excluding hydrogens is 440 g/mol. The smallest absolute Gasteiger partial charge is 0.275 e. The first-order valence-corrected chi connectivity index (χ1v) is 10.8. The summed E-state index contributed by atoms with van der Waals surface area (Å²) in [5.41, 5.74) is 0.548. The Kier molecular flexibility index (Phi) is 5.61. The lowest BCUT2D eigenvalue weighted by Crippen LogP contribution is -2.49. The van der Waals surface area contributed by atoms with E-state index < -0.39 is 0 Å². The van der Waals surface area contributed by atoms with Crippen LogP contribution in [0.15, 0.2) is 45.0 Å². The number of halogens is 1. The first-order valence-electron chi connectivity index (χ1n) is 9.22. The third-order valence-corrected chi connectivity index (χ3v) is 6.68. The molecular formula is C20H21BrN4O2S. The number of amides is 1. The lowest BCUT2D eigenvalue weighted by Gasteiger charge is -2.34. The Morgan fingerprint density at radius 1 is 1.11 bits per heavy atom. The van der Waals surface area contributed by atoms with E-state index in [0.29, 0.717) is 18.5 Å². The molecule has 1 aromatic carbocycles. The zero-order valence-corrected chi connectivity index (χ0v) is 18.0. The number of piperazine rings is 1. The molecule has 2 aromatic heterocycles. The molecule has 3 heterocycles. The van der Waals surface area contributed by atoms with Crippen LogP contribution in [0.4, 0.5) is 0 Å². The van der Waals surface area contributed by atoms with E-state index in [1.54, 1.807) is 17.4 Å². The van der Waals surface area contributed by atoms with Crippen molar-refractivity contribution in [3.05, 3.63) is 61.1 Å². The molecule has 0 atom stereocenters. The number of nitrogens with zero attached hydrogens (tertiary/aromatic N) is 4. The van der Waals surface area contributed by atoms with E-state index in [2.05, 4.69) is 38.1 Å². The summed E-state index contributed by atoms with van der Waals surface area (Å²) in [5, 5.41) is 5.80. The van der Waals surface area contributed by atoms with Crippen LogP contribution in [0.5, 0.6) is 0 Å². The molecule has 1 fully saturated rings. The fourth-order valence-corrected chi connectivity index (χ4v) is 5.08. The van der Waals surface area contributed by atoms with Crippen molar-refractivity contribution in [2.75, 3.05) is 26.2 Å². The van der Waals surface area contributed by atoms with E-state index in [4.69, 9.17) is 0 Å². The molecule has 4 rings (SSSR count). The van der Waals surface area contributed by atoms with Crippen molar-refractivity contribution in [2.24, 2.45) is 0 Å². The molecule has 0 spiro atoms. The van der Waals surface area contributed by atoms with Gasteiger partial charge in [0.15, 0.2) is 0 Å². The quantitative estimate of drug-likeness (QED) is 0.600. The number of aromatic nitrogens is 2. The average molecular weight is 461 g/mol. The van der Waals surface area contributed by atoms with E-state index in [1.165, 1.54) is 9.56 Å². The SMILES string of the molecule is Cc1nn(CC(=O)N2CCN(Cc3ccc(Br)s3)CC2)c(=O)c2ccccc12. The Hall–Kier alpha value is -2.03. The van der Waals surface area contributed by atoms with Crippen molar-refractivity contribution in [1.29, 1.82) is 0 Å². The highest BCUT2D eigenvalue weighted by Crippen LogP contribution is 2.23. The second-order valence-electron chi connectivity index (χ2n) is 6.96. The number of hydrogen-bond donors (Lipinski definition) is 0. The van der Waals surface area contributed by atoms with Crippen molar-refractivity contribution in [3.8, 4) is 0 Å². The minimum atomic E-state index is -0.212. The zero-order chi connectivity index (χ0) is 19.7. The van der Waals surface area contributed by atoms with Crippen LogP contribution in [0.2, 0.25) is 0 Å². The summed E-state index contributed by atoms with van der Waals surface area (Å²) in [5.74, 6) is -0.0530. The summed E-state index contributed by atoms with van der Waals surface area (Å²) in [4.78, 5) is 30.9. The van der Waals surface area contributed by atoms with E-state index in [1.807, 2.05) is 30.0 Å². The summed E-state index contributed by atoms with van der Waals surface area (Å²) in [6.45, 7) is 5.77. The van der Waals surface area contributed by atoms with E-state index >= 15 is 0 Å². The molecule has 0 bridgehead atoms. The lowest BCUT2D eigenvalue weighted by molar-refractivity contribution is -0.133. The molecule has 0 aliphatic carbocycles. The van der Waals surface area contributed by atoms with Gasteiger partial charge in [-0.25, -0.2) is 4.68 Å². The van der Waals surface area contributed by atoms with Crippen LogP contribution in [0.25, 0.3) is 10.8 Å². The Morgan fingerprint density at radius 3 is 2.50 bits per heavy atom. The van der Waals surface area contributed by atoms with Gasteiger partial charge in [-0.15, -0.1) is 11.3 Å². The second-order valence-corrected chi connectivity index (χ2v) is 9.50. The van der Waals surface area contributed by atoms with Gasteiger partial charge in [-0.05, 0) is 41.1 Å². The molecule has 8 heteroatoms. The maximum atomic E-state index is 12.7. The van der Waals surface area contributed by atoms with E-state index in [-0.39, 0.29) is 18.0 Å². The molecule has 1 aliphatic heterocycles. The first-order chi connectivity index (χ1) is 13.5. The van der Waals surface area contributed by atoms with Gasteiger partial charge >= 0.3 is 0 Å². The maximum Gasteiger partial charge on any atom is 0.275 e. The highest BCUT2D eigenvalue weighted by Gasteiger charge is 2.22. The predicted molar refractivity (Wildman–Crippen MR) is 115 cm³/mol. The molecule has 0 saturated carbocycles. The van der Waals surface area contributed by atoms with E-state index in [0.717, 1.165) is 34.5 Å². The monoisotopic (exact) mass is 460 g/mol. The number of carbonyl (C=O) groups is 1. The highest BCUT2D eigenvalue weighted by atomic mass is 79.9. The van der Waals surface area contributed by atoms with Gasteiger partial charge in [0.1, 0.15) is 6.54 Å². The standard InChI is InChI=1S/C20H21BrN4O2S/c1-14-16-4-2-3-5-17(16)20(27)25(22-14)13-19(26)24-10-8-23(9-11-24)12-15-6-7-18(21)28-15/h2-7H,8-13H2,1H3. The van der Waals surface area contributed by atoms with Crippen LogP contribution in [-0.2, 0) is 17.9 Å². The van der Waals surface area contributed by atoms with Crippen LogP contribution in [0.3, 0.4) is 0 Å². The largest absolute Gasteiger partial charge is 0.339 e. The minimum absolute atomic E-state index is 0.0115. The molecule has 1 aliphatic rings. The van der Waals surface area contributed by atoms with E-state index in [9.17, 15) is 9.59 Å². The Balaban J connectivity index is 1.40. The van der Waals surface area contributed by atoms with Crippen LogP contribution in [0, 0.1) is 6.92 Å². The molecule has 1 saturated heterocycles. The normalized spacial score (nSPS) is 15.3. The fraction of sp³-hybridized carbons (Fsp3) is 0.350. The summed E-state index contributed by atoms with van der Waals surface area (Å²) < 4.78 is 2.44. The molecule has 3 aromatic rings. The van der Waals surface area contributed by atoms with Gasteiger partial charge in [0.2, 0.25) is 5.91 Å². The van der Waals surface area contributed by atoms with Gasteiger partial charge < -0.3 is 4.90 Å². The summed E-state index contributed by atoms with van der Waals surface area (Å²) >= 11 is 5.24. The summed E-state index contributed by atoms with van der Waals surface area (Å²) in [6, 6.07) is 11.6. The Labute approximate surface area is 175 Å². The molecule has 0 radical (unpaired) electrons. The van der Waals surface area contributed by atoms with Crippen molar-refractivity contribution in [3.63, 3.8) is 0 Å². The zero-order valence-electron chi connectivity index (χ0n) is 15.6. The van der Waals surface area contributed by atoms with Gasteiger partial charge in [-0.2, -0.15) is 5.10 Å². The van der Waals surface area contributed by atoms with Gasteiger partial charge in [0.05, 0.1) is 14.9 Å². The van der Waals surface area contributed by atoms with Gasteiger partial charge in [0, 0.05) is 43.0 Å². The average Bonchev–Trinajstić information content (AvgIpc) is 3.11. The molecule has 0 unspecified atom stereocenters. The van der Waals surface area contributed by atoms with Crippen LogP contribution < -0.4 is 5.56 Å². The van der Waals surface area contributed by atoms with Crippen molar-refractivity contribution < 1.29 is 4.79 Å². The van der Waals surface area contributed by atoms with Gasteiger partial charge in [-0.1, -0.05) is 18.2 Å². The fourth-order valence-electron chi connectivity index (χ4n) is 3.55. The molecule has 6 nitrogen and oxygen atoms in total. The van der Waals surface area contributed by atoms with Crippen LogP contribution in [-0.4, -0.2) is 51.7 Å². The minimum Gasteiger partial charge on any atom is -0.339 e. The van der Waals surface area contributed by atoms with Gasteiger partial charge in [-0.3, -0.25) is 14.5 Å². The number of aryl methyl sites for hydroxylation is 1. The summed E-state index contributed by atoms with van der Waals surface area (Å²) in [6.07, 6.45) is 0. The topological polar surface area (TPSA) is 58.4 Å². The number of rotatable bonds is 4. The number of hydrogen-bond acceptors (Lipinski definition) is 5.